The van der Waals surface area contributed by atoms with Gasteiger partial charge in [-0.3, -0.25) is 4.79 Å². The highest BCUT2D eigenvalue weighted by Gasteiger charge is 2.29. The van der Waals surface area contributed by atoms with Crippen molar-refractivity contribution >= 4 is 45.6 Å². The number of carbonyl (C=O) groups excluding carboxylic acids is 1. The molecule has 0 aliphatic carbocycles. The molecule has 35 heavy (non-hydrogen) atoms. The molecule has 3 aromatic heterocycles. The molecule has 0 saturated carbocycles. The first kappa shape index (κ1) is 23.8. The van der Waals surface area contributed by atoms with E-state index in [1.807, 2.05) is 28.8 Å². The number of benzene rings is 1. The molecule has 1 aliphatic rings. The van der Waals surface area contributed by atoms with E-state index in [4.69, 9.17) is 16.1 Å². The number of hydrogen-bond donors (Lipinski definition) is 1. The highest BCUT2D eigenvalue weighted by atomic mass is 35.5. The normalized spacial score (nSPS) is 15.3. The lowest BCUT2D eigenvalue weighted by Crippen LogP contribution is -2.40. The number of fused-ring (bicyclic) bond motifs is 1. The summed E-state index contributed by atoms with van der Waals surface area (Å²) in [6, 6.07) is 12.8. The number of piperidine rings is 1. The number of likely N-dealkylation sites (tertiary alicyclic amines) is 1. The summed E-state index contributed by atoms with van der Waals surface area (Å²) in [7, 11) is 0. The van der Waals surface area contributed by atoms with E-state index >= 15 is 0 Å². The zero-order valence-electron chi connectivity index (χ0n) is 19.5. The lowest BCUT2D eigenvalue weighted by molar-refractivity contribution is 0.0696. The molecular weight excluding hydrogens is 486 g/mol. The lowest BCUT2D eigenvalue weighted by atomic mass is 9.90. The number of Topliss-reactive ketones (excluding diaryl/α,β-unsaturated/α-hetero) is 1. The monoisotopic (exact) mass is 511 g/mol. The first-order valence-electron chi connectivity index (χ1n) is 11.7. The number of rotatable bonds is 7. The molecule has 0 amide bonds. The molecule has 1 aromatic carbocycles. The number of ketones is 1. The summed E-state index contributed by atoms with van der Waals surface area (Å²) in [5.74, 6) is -0.344. The van der Waals surface area contributed by atoms with E-state index in [2.05, 4.69) is 23.9 Å². The number of nitrogens with zero attached hydrogens (tertiary/aromatic N) is 3. The summed E-state index contributed by atoms with van der Waals surface area (Å²) < 4.78 is 8.14. The van der Waals surface area contributed by atoms with Gasteiger partial charge in [-0.05, 0) is 76.2 Å². The Morgan fingerprint density at radius 3 is 2.60 bits per heavy atom. The van der Waals surface area contributed by atoms with Crippen LogP contribution in [0, 0.1) is 5.92 Å². The standard InChI is InChI=1S/C26H26ClN3O4S/c1-15(2)29-9-7-16(8-10-29)25(31)21-12-18-11-17(26(32)33)3-4-20(18)30(21)14-19-13-22(34-28-19)23-5-6-24(27)35-23/h3-6,11-13,15-16H,7-10,14H2,1-2H3,(H,32,33). The molecule has 182 valence electrons. The van der Waals surface area contributed by atoms with E-state index in [9.17, 15) is 14.7 Å². The second kappa shape index (κ2) is 9.60. The Labute approximate surface area is 211 Å². The number of carbonyl (C=O) groups is 2. The van der Waals surface area contributed by atoms with Crippen LogP contribution in [0.25, 0.3) is 21.5 Å². The van der Waals surface area contributed by atoms with Crippen LogP contribution in [0.2, 0.25) is 4.34 Å². The molecule has 0 atom stereocenters. The number of thiophene rings is 1. The van der Waals surface area contributed by atoms with Gasteiger partial charge in [0.2, 0.25) is 0 Å². The van der Waals surface area contributed by atoms with Crippen LogP contribution in [0.15, 0.2) is 47.0 Å². The maximum atomic E-state index is 13.7. The molecule has 0 bridgehead atoms. The van der Waals surface area contributed by atoms with Crippen LogP contribution in [0.3, 0.4) is 0 Å². The van der Waals surface area contributed by atoms with Crippen molar-refractivity contribution in [3.63, 3.8) is 0 Å². The Bertz CT molecular complexity index is 1390. The van der Waals surface area contributed by atoms with E-state index in [1.54, 1.807) is 18.2 Å². The minimum absolute atomic E-state index is 0.0619. The lowest BCUT2D eigenvalue weighted by Gasteiger charge is -2.34. The van der Waals surface area contributed by atoms with Gasteiger partial charge in [0, 0.05) is 28.9 Å². The van der Waals surface area contributed by atoms with E-state index in [-0.39, 0.29) is 17.3 Å². The summed E-state index contributed by atoms with van der Waals surface area (Å²) in [6.07, 6.45) is 1.62. The fourth-order valence-corrected chi connectivity index (χ4v) is 5.77. The average Bonchev–Trinajstić information content (AvgIpc) is 3.57. The van der Waals surface area contributed by atoms with Gasteiger partial charge in [-0.25, -0.2) is 4.79 Å². The largest absolute Gasteiger partial charge is 0.478 e. The molecule has 0 radical (unpaired) electrons. The quantitative estimate of drug-likeness (QED) is 0.303. The third-order valence-electron chi connectivity index (χ3n) is 6.73. The molecule has 1 aliphatic heterocycles. The first-order valence-corrected chi connectivity index (χ1v) is 12.9. The van der Waals surface area contributed by atoms with Gasteiger partial charge in [0.15, 0.2) is 11.5 Å². The molecule has 0 unspecified atom stereocenters. The highest BCUT2D eigenvalue weighted by molar-refractivity contribution is 7.19. The van der Waals surface area contributed by atoms with Gasteiger partial charge in [-0.2, -0.15) is 0 Å². The smallest absolute Gasteiger partial charge is 0.335 e. The van der Waals surface area contributed by atoms with Gasteiger partial charge < -0.3 is 19.1 Å². The zero-order valence-corrected chi connectivity index (χ0v) is 21.1. The van der Waals surface area contributed by atoms with E-state index in [0.717, 1.165) is 41.7 Å². The van der Waals surface area contributed by atoms with E-state index in [0.29, 0.717) is 34.1 Å². The molecule has 1 saturated heterocycles. The van der Waals surface area contributed by atoms with E-state index < -0.39 is 5.97 Å². The number of aromatic carboxylic acids is 1. The van der Waals surface area contributed by atoms with Crippen molar-refractivity contribution in [2.75, 3.05) is 13.1 Å². The molecule has 0 spiro atoms. The number of halogens is 1. The second-order valence-electron chi connectivity index (χ2n) is 9.25. The Balaban J connectivity index is 1.49. The van der Waals surface area contributed by atoms with Gasteiger partial charge in [-0.15, -0.1) is 11.3 Å². The number of aromatic nitrogens is 2. The van der Waals surface area contributed by atoms with Crippen LogP contribution in [-0.2, 0) is 6.54 Å². The SMILES string of the molecule is CC(C)N1CCC(C(=O)c2cc3cc(C(=O)O)ccc3n2Cc2cc(-c3ccc(Cl)s3)on2)CC1. The van der Waals surface area contributed by atoms with Crippen LogP contribution in [0.5, 0.6) is 0 Å². The Morgan fingerprint density at radius 2 is 1.94 bits per heavy atom. The summed E-state index contributed by atoms with van der Waals surface area (Å²) >= 11 is 7.47. The Morgan fingerprint density at radius 1 is 1.17 bits per heavy atom. The predicted octanol–water partition coefficient (Wildman–Crippen LogP) is 6.06. The van der Waals surface area contributed by atoms with Crippen molar-refractivity contribution in [2.24, 2.45) is 5.92 Å². The van der Waals surface area contributed by atoms with Gasteiger partial charge in [0.05, 0.1) is 27.0 Å². The number of hydrogen-bond acceptors (Lipinski definition) is 6. The van der Waals surface area contributed by atoms with Crippen LogP contribution in [0.4, 0.5) is 0 Å². The average molecular weight is 512 g/mol. The molecule has 9 heteroatoms. The van der Waals surface area contributed by atoms with Crippen LogP contribution >= 0.6 is 22.9 Å². The van der Waals surface area contributed by atoms with Gasteiger partial charge in [-0.1, -0.05) is 16.8 Å². The van der Waals surface area contributed by atoms with Gasteiger partial charge >= 0.3 is 5.97 Å². The summed E-state index contributed by atoms with van der Waals surface area (Å²) in [4.78, 5) is 28.5. The fraction of sp³-hybridized carbons (Fsp3) is 0.346. The van der Waals surface area contributed by atoms with Crippen molar-refractivity contribution in [3.8, 4) is 10.6 Å². The number of carboxylic acids is 1. The van der Waals surface area contributed by atoms with Crippen LogP contribution in [0.1, 0.15) is 53.2 Å². The predicted molar refractivity (Wildman–Crippen MR) is 137 cm³/mol. The molecule has 4 aromatic rings. The summed E-state index contributed by atoms with van der Waals surface area (Å²) in [5, 5.41) is 14.4. The maximum Gasteiger partial charge on any atom is 0.335 e. The molecule has 1 fully saturated rings. The molecule has 4 heterocycles. The van der Waals surface area contributed by atoms with Crippen molar-refractivity contribution in [3.05, 3.63) is 63.8 Å². The van der Waals surface area contributed by atoms with Crippen molar-refractivity contribution in [1.82, 2.24) is 14.6 Å². The third kappa shape index (κ3) is 4.78. The topological polar surface area (TPSA) is 88.6 Å². The van der Waals surface area contributed by atoms with Gasteiger partial charge in [0.25, 0.3) is 0 Å². The summed E-state index contributed by atoms with van der Waals surface area (Å²) in [6.45, 7) is 6.48. The van der Waals surface area contributed by atoms with Crippen molar-refractivity contribution in [1.29, 1.82) is 0 Å². The highest BCUT2D eigenvalue weighted by Crippen LogP contribution is 2.32. The number of carboxylic acid groups (broad SMARTS) is 1. The van der Waals surface area contributed by atoms with Gasteiger partial charge in [0.1, 0.15) is 5.69 Å². The first-order chi connectivity index (χ1) is 16.8. The minimum Gasteiger partial charge on any atom is -0.478 e. The summed E-state index contributed by atoms with van der Waals surface area (Å²) in [5.41, 5.74) is 2.24. The molecule has 1 N–H and O–H groups in total. The molecule has 5 rings (SSSR count). The maximum absolute atomic E-state index is 13.7. The fourth-order valence-electron chi connectivity index (χ4n) is 4.78. The second-order valence-corrected chi connectivity index (χ2v) is 11.0. The van der Waals surface area contributed by atoms with Crippen LogP contribution < -0.4 is 0 Å². The third-order valence-corrected chi connectivity index (χ3v) is 7.97. The Kier molecular flexibility index (Phi) is 6.53. The molecule has 7 nitrogen and oxygen atoms in total. The molecular formula is C26H26ClN3O4S. The minimum atomic E-state index is -0.996. The van der Waals surface area contributed by atoms with E-state index in [1.165, 1.54) is 11.3 Å². The van der Waals surface area contributed by atoms with Crippen molar-refractivity contribution < 1.29 is 19.2 Å². The van der Waals surface area contributed by atoms with Crippen LogP contribution in [-0.4, -0.2) is 50.6 Å². The zero-order chi connectivity index (χ0) is 24.7. The van der Waals surface area contributed by atoms with Crippen molar-refractivity contribution in [2.45, 2.75) is 39.3 Å². The Hall–Kier alpha value is -2.94.